The van der Waals surface area contributed by atoms with Crippen LogP contribution in [0.4, 0.5) is 0 Å². The molecule has 0 aliphatic carbocycles. The lowest BCUT2D eigenvalue weighted by Crippen LogP contribution is -2.33. The summed E-state index contributed by atoms with van der Waals surface area (Å²) in [6.45, 7) is 3.27. The van der Waals surface area contributed by atoms with Gasteiger partial charge in [0.25, 0.3) is 0 Å². The molecule has 0 unspecified atom stereocenters. The number of aryl methyl sites for hydroxylation is 1. The summed E-state index contributed by atoms with van der Waals surface area (Å²) in [6, 6.07) is 7.30. The second-order valence-electron chi connectivity index (χ2n) is 8.54. The van der Waals surface area contributed by atoms with Crippen molar-refractivity contribution in [2.24, 2.45) is 0 Å². The smallest absolute Gasteiger partial charge is 0.207 e. The van der Waals surface area contributed by atoms with Crippen LogP contribution in [0.15, 0.2) is 29.2 Å². The second-order valence-corrected chi connectivity index (χ2v) is 12.1. The van der Waals surface area contributed by atoms with Gasteiger partial charge < -0.3 is 0 Å². The molecule has 0 bridgehead atoms. The zero-order chi connectivity index (χ0) is 22.8. The molecule has 31 heavy (non-hydrogen) atoms. The van der Waals surface area contributed by atoms with E-state index in [2.05, 4.69) is 31.9 Å². The molecule has 0 amide bonds. The first kappa shape index (κ1) is 29.1. The molecular weight excluding hydrogens is 538 g/mol. The molecule has 6 heteroatoms. The van der Waals surface area contributed by atoms with Gasteiger partial charge in [-0.25, -0.2) is 8.42 Å². The lowest BCUT2D eigenvalue weighted by atomic mass is 10.1. The highest BCUT2D eigenvalue weighted by atomic mass is 79.9. The fraction of sp³-hybridized carbons (Fsp3) is 0.760. The van der Waals surface area contributed by atoms with Gasteiger partial charge in [-0.3, -0.25) is 0 Å². The quantitative estimate of drug-likeness (QED) is 0.115. The van der Waals surface area contributed by atoms with E-state index in [0.717, 1.165) is 41.9 Å². The Hall–Kier alpha value is 0.0900. The van der Waals surface area contributed by atoms with E-state index in [1.807, 2.05) is 19.1 Å². The van der Waals surface area contributed by atoms with Crippen LogP contribution in [0.5, 0.6) is 0 Å². The van der Waals surface area contributed by atoms with Crippen LogP contribution in [-0.4, -0.2) is 36.5 Å². The number of halogens is 2. The topological polar surface area (TPSA) is 37.4 Å². The van der Waals surface area contributed by atoms with Crippen molar-refractivity contribution < 1.29 is 8.42 Å². The Morgan fingerprint density at radius 3 is 1.35 bits per heavy atom. The van der Waals surface area contributed by atoms with Crippen molar-refractivity contribution in [3.8, 4) is 0 Å². The van der Waals surface area contributed by atoms with E-state index >= 15 is 0 Å². The standard InChI is InChI=1S/C25H43Br2NO2S/c1-24-16-18-25(19-17-24)31(29,30)28(22-14-10-6-2-4-8-12-20-26)23-15-11-7-3-5-9-13-21-27/h16-19H,2-15,20-23H2,1H3. The molecule has 0 fully saturated rings. The summed E-state index contributed by atoms with van der Waals surface area (Å²) >= 11 is 6.96. The van der Waals surface area contributed by atoms with Crippen LogP contribution in [-0.2, 0) is 10.0 Å². The number of benzene rings is 1. The average Bonchev–Trinajstić information content (AvgIpc) is 2.76. The molecular formula is C25H43Br2NO2S. The van der Waals surface area contributed by atoms with Gasteiger partial charge in [-0.2, -0.15) is 4.31 Å². The first-order valence-electron chi connectivity index (χ1n) is 12.2. The van der Waals surface area contributed by atoms with E-state index < -0.39 is 10.0 Å². The molecule has 1 aromatic rings. The highest BCUT2D eigenvalue weighted by Crippen LogP contribution is 2.19. The van der Waals surface area contributed by atoms with E-state index in [0.29, 0.717) is 18.0 Å². The van der Waals surface area contributed by atoms with Crippen molar-refractivity contribution in [3.63, 3.8) is 0 Å². The molecule has 0 atom stereocenters. The fourth-order valence-corrected chi connectivity index (χ4v) is 6.05. The maximum absolute atomic E-state index is 13.2. The Balaban J connectivity index is 2.48. The third-order valence-electron chi connectivity index (χ3n) is 5.74. The molecule has 0 heterocycles. The Morgan fingerprint density at radius 1 is 0.613 bits per heavy atom. The fourth-order valence-electron chi connectivity index (χ4n) is 3.74. The molecule has 0 spiro atoms. The SMILES string of the molecule is Cc1ccc(S(=O)(=O)N(CCCCCCCCCBr)CCCCCCCCCBr)cc1. The van der Waals surface area contributed by atoms with Gasteiger partial charge in [-0.1, -0.05) is 114 Å². The van der Waals surface area contributed by atoms with Crippen molar-refractivity contribution in [2.75, 3.05) is 23.7 Å². The second kappa shape index (κ2) is 18.5. The van der Waals surface area contributed by atoms with Crippen molar-refractivity contribution in [2.45, 2.75) is 102 Å². The Kier molecular flexibility index (Phi) is 17.4. The largest absolute Gasteiger partial charge is 0.243 e. The molecule has 0 N–H and O–H groups in total. The van der Waals surface area contributed by atoms with Crippen molar-refractivity contribution >= 4 is 41.9 Å². The van der Waals surface area contributed by atoms with Crippen LogP contribution in [0.1, 0.15) is 95.5 Å². The predicted molar refractivity (Wildman–Crippen MR) is 142 cm³/mol. The molecule has 0 saturated carbocycles. The van der Waals surface area contributed by atoms with Crippen LogP contribution in [0.2, 0.25) is 0 Å². The molecule has 0 radical (unpaired) electrons. The van der Waals surface area contributed by atoms with E-state index in [9.17, 15) is 8.42 Å². The van der Waals surface area contributed by atoms with Gasteiger partial charge in [0.2, 0.25) is 10.0 Å². The van der Waals surface area contributed by atoms with Crippen LogP contribution in [0, 0.1) is 6.92 Å². The number of sulfonamides is 1. The summed E-state index contributed by atoms with van der Waals surface area (Å²) in [4.78, 5) is 0.433. The van der Waals surface area contributed by atoms with Gasteiger partial charge in [0.1, 0.15) is 0 Å². The molecule has 1 rings (SSSR count). The Labute approximate surface area is 209 Å². The predicted octanol–water partition coefficient (Wildman–Crippen LogP) is 8.24. The van der Waals surface area contributed by atoms with Crippen molar-refractivity contribution in [1.82, 2.24) is 4.31 Å². The van der Waals surface area contributed by atoms with Gasteiger partial charge in [-0.05, 0) is 44.7 Å². The van der Waals surface area contributed by atoms with E-state index in [4.69, 9.17) is 0 Å². The minimum atomic E-state index is -3.40. The lowest BCUT2D eigenvalue weighted by molar-refractivity contribution is 0.383. The normalized spacial score (nSPS) is 12.0. The van der Waals surface area contributed by atoms with Gasteiger partial charge in [0.05, 0.1) is 4.90 Å². The number of alkyl halides is 2. The summed E-state index contributed by atoms with van der Waals surface area (Å²) in [5, 5.41) is 2.19. The zero-order valence-corrected chi connectivity index (χ0v) is 23.5. The van der Waals surface area contributed by atoms with E-state index in [1.54, 1.807) is 16.4 Å². The van der Waals surface area contributed by atoms with Crippen LogP contribution in [0.3, 0.4) is 0 Å². The van der Waals surface area contributed by atoms with E-state index in [-0.39, 0.29) is 0 Å². The van der Waals surface area contributed by atoms with E-state index in [1.165, 1.54) is 64.2 Å². The summed E-state index contributed by atoms with van der Waals surface area (Å²) in [5.74, 6) is 0. The summed E-state index contributed by atoms with van der Waals surface area (Å²) in [6.07, 6.45) is 16.7. The van der Waals surface area contributed by atoms with Crippen molar-refractivity contribution in [1.29, 1.82) is 0 Å². The van der Waals surface area contributed by atoms with Gasteiger partial charge in [0, 0.05) is 23.7 Å². The zero-order valence-electron chi connectivity index (χ0n) is 19.5. The highest BCUT2D eigenvalue weighted by Gasteiger charge is 2.23. The first-order valence-corrected chi connectivity index (χ1v) is 15.9. The van der Waals surface area contributed by atoms with Crippen LogP contribution in [0.25, 0.3) is 0 Å². The molecule has 180 valence electrons. The number of hydrogen-bond donors (Lipinski definition) is 0. The molecule has 0 aliphatic rings. The minimum absolute atomic E-state index is 0.433. The van der Waals surface area contributed by atoms with Crippen LogP contribution >= 0.6 is 31.9 Å². The summed E-state index contributed by atoms with van der Waals surface area (Å²) in [5.41, 5.74) is 1.09. The van der Waals surface area contributed by atoms with Gasteiger partial charge in [0.15, 0.2) is 0 Å². The third kappa shape index (κ3) is 13.4. The van der Waals surface area contributed by atoms with Crippen LogP contribution < -0.4 is 0 Å². The number of rotatable bonds is 20. The monoisotopic (exact) mass is 579 g/mol. The lowest BCUT2D eigenvalue weighted by Gasteiger charge is -2.22. The molecule has 0 aliphatic heterocycles. The number of hydrogen-bond acceptors (Lipinski definition) is 2. The summed E-state index contributed by atoms with van der Waals surface area (Å²) < 4.78 is 28.2. The Bertz CT molecular complexity index is 630. The summed E-state index contributed by atoms with van der Waals surface area (Å²) in [7, 11) is -3.40. The molecule has 1 aromatic carbocycles. The first-order chi connectivity index (χ1) is 15.0. The Morgan fingerprint density at radius 2 is 0.968 bits per heavy atom. The van der Waals surface area contributed by atoms with Gasteiger partial charge >= 0.3 is 0 Å². The maximum atomic E-state index is 13.2. The number of unbranched alkanes of at least 4 members (excludes halogenated alkanes) is 12. The van der Waals surface area contributed by atoms with Crippen molar-refractivity contribution in [3.05, 3.63) is 29.8 Å². The highest BCUT2D eigenvalue weighted by molar-refractivity contribution is 9.09. The average molecular weight is 581 g/mol. The molecule has 0 saturated heterocycles. The number of nitrogens with zero attached hydrogens (tertiary/aromatic N) is 1. The molecule has 3 nitrogen and oxygen atoms in total. The molecule has 0 aromatic heterocycles. The minimum Gasteiger partial charge on any atom is -0.207 e. The third-order valence-corrected chi connectivity index (χ3v) is 8.78. The maximum Gasteiger partial charge on any atom is 0.243 e. The van der Waals surface area contributed by atoms with Gasteiger partial charge in [-0.15, -0.1) is 0 Å².